The number of methoxy groups -OCH3 is 1. The lowest BCUT2D eigenvalue weighted by molar-refractivity contribution is 0.416. The van der Waals surface area contributed by atoms with E-state index in [1.807, 2.05) is 30.6 Å². The van der Waals surface area contributed by atoms with Crippen molar-refractivity contribution in [2.24, 2.45) is 5.92 Å². The van der Waals surface area contributed by atoms with Crippen molar-refractivity contribution in [1.82, 2.24) is 14.4 Å². The topological polar surface area (TPSA) is 42.7 Å². The molecular formula is C21H25ClN4OS. The van der Waals surface area contributed by atoms with Crippen molar-refractivity contribution in [1.29, 1.82) is 0 Å². The Bertz CT molecular complexity index is 986. The number of anilines is 1. The van der Waals surface area contributed by atoms with Gasteiger partial charge in [0.2, 0.25) is 0 Å². The standard InChI is InChI=1S/C21H25ClN4OS/c1-4-10-25(13-14-5-6-14)21-20(28-3)24-19-18(23-9-11-26(19)21)16-8-7-15(22)12-17(16)27-2/h7-9,11-12,14H,4-6,10,13H2,1-3H3. The maximum absolute atomic E-state index is 6.15. The summed E-state index contributed by atoms with van der Waals surface area (Å²) in [6.07, 6.45) is 9.71. The van der Waals surface area contributed by atoms with Gasteiger partial charge in [-0.05, 0) is 49.6 Å². The van der Waals surface area contributed by atoms with Crippen LogP contribution in [-0.4, -0.2) is 40.8 Å². The van der Waals surface area contributed by atoms with E-state index in [0.29, 0.717) is 10.8 Å². The average molecular weight is 417 g/mol. The van der Waals surface area contributed by atoms with Crippen LogP contribution in [-0.2, 0) is 0 Å². The van der Waals surface area contributed by atoms with Crippen molar-refractivity contribution in [3.05, 3.63) is 35.6 Å². The zero-order valence-electron chi connectivity index (χ0n) is 16.5. The molecule has 5 nitrogen and oxygen atoms in total. The molecule has 1 aliphatic carbocycles. The van der Waals surface area contributed by atoms with E-state index in [9.17, 15) is 0 Å². The summed E-state index contributed by atoms with van der Waals surface area (Å²) in [6.45, 7) is 4.35. The van der Waals surface area contributed by atoms with Crippen LogP contribution in [0.2, 0.25) is 5.02 Å². The van der Waals surface area contributed by atoms with Gasteiger partial charge in [0.1, 0.15) is 22.3 Å². The summed E-state index contributed by atoms with van der Waals surface area (Å²) in [6, 6.07) is 5.63. The van der Waals surface area contributed by atoms with Crippen LogP contribution in [0.1, 0.15) is 26.2 Å². The largest absolute Gasteiger partial charge is 0.496 e. The lowest BCUT2D eigenvalue weighted by atomic mass is 10.1. The Morgan fingerprint density at radius 3 is 2.86 bits per heavy atom. The van der Waals surface area contributed by atoms with Crippen molar-refractivity contribution >= 4 is 34.8 Å². The minimum Gasteiger partial charge on any atom is -0.496 e. The lowest BCUT2D eigenvalue weighted by Crippen LogP contribution is -2.28. The first-order valence-corrected chi connectivity index (χ1v) is 11.3. The Balaban J connectivity index is 1.88. The smallest absolute Gasteiger partial charge is 0.166 e. The van der Waals surface area contributed by atoms with Gasteiger partial charge in [-0.15, -0.1) is 11.8 Å². The molecule has 0 N–H and O–H groups in total. The number of halogens is 1. The fraction of sp³-hybridized carbons (Fsp3) is 0.429. The fourth-order valence-electron chi connectivity index (χ4n) is 3.58. The monoisotopic (exact) mass is 416 g/mol. The summed E-state index contributed by atoms with van der Waals surface area (Å²) in [5.41, 5.74) is 2.55. The molecule has 3 aromatic rings. The van der Waals surface area contributed by atoms with Crippen LogP contribution >= 0.6 is 23.4 Å². The van der Waals surface area contributed by atoms with Crippen molar-refractivity contribution in [2.75, 3.05) is 31.4 Å². The highest BCUT2D eigenvalue weighted by atomic mass is 35.5. The van der Waals surface area contributed by atoms with Gasteiger partial charge in [0, 0.05) is 36.1 Å². The van der Waals surface area contributed by atoms with E-state index < -0.39 is 0 Å². The Kier molecular flexibility index (Phi) is 5.69. The Morgan fingerprint density at radius 2 is 2.18 bits per heavy atom. The van der Waals surface area contributed by atoms with Crippen LogP contribution in [0.15, 0.2) is 35.6 Å². The summed E-state index contributed by atoms with van der Waals surface area (Å²) >= 11 is 7.84. The summed E-state index contributed by atoms with van der Waals surface area (Å²) in [5, 5.41) is 1.68. The number of benzene rings is 1. The molecule has 2 aromatic heterocycles. The fourth-order valence-corrected chi connectivity index (χ4v) is 4.33. The van der Waals surface area contributed by atoms with Crippen LogP contribution in [0.4, 0.5) is 5.82 Å². The van der Waals surface area contributed by atoms with Crippen LogP contribution < -0.4 is 9.64 Å². The van der Waals surface area contributed by atoms with Gasteiger partial charge in [-0.3, -0.25) is 9.38 Å². The van der Waals surface area contributed by atoms with Crippen molar-refractivity contribution in [3.63, 3.8) is 0 Å². The number of hydrogen-bond donors (Lipinski definition) is 0. The first kappa shape index (κ1) is 19.4. The third kappa shape index (κ3) is 3.67. The molecule has 0 unspecified atom stereocenters. The first-order valence-electron chi connectivity index (χ1n) is 9.66. The molecule has 0 saturated heterocycles. The molecule has 0 amide bonds. The summed E-state index contributed by atoms with van der Waals surface area (Å²) in [4.78, 5) is 12.1. The van der Waals surface area contributed by atoms with Gasteiger partial charge in [0.05, 0.1) is 7.11 Å². The highest BCUT2D eigenvalue weighted by molar-refractivity contribution is 7.98. The molecular weight excluding hydrogens is 392 g/mol. The number of aromatic nitrogens is 3. The van der Waals surface area contributed by atoms with Crippen LogP contribution in [0.3, 0.4) is 0 Å². The first-order chi connectivity index (χ1) is 13.7. The number of nitrogens with zero attached hydrogens (tertiary/aromatic N) is 4. The van der Waals surface area contributed by atoms with Gasteiger partial charge in [0.15, 0.2) is 5.65 Å². The number of hydrogen-bond acceptors (Lipinski definition) is 5. The maximum Gasteiger partial charge on any atom is 0.166 e. The van der Waals surface area contributed by atoms with E-state index in [0.717, 1.165) is 47.4 Å². The van der Waals surface area contributed by atoms with Gasteiger partial charge in [-0.2, -0.15) is 0 Å². The third-order valence-corrected chi connectivity index (χ3v) is 5.96. The normalized spacial score (nSPS) is 13.9. The number of thioether (sulfide) groups is 1. The molecule has 0 atom stereocenters. The molecule has 28 heavy (non-hydrogen) atoms. The molecule has 1 saturated carbocycles. The number of fused-ring (bicyclic) bond motifs is 1. The van der Waals surface area contributed by atoms with Gasteiger partial charge >= 0.3 is 0 Å². The highest BCUT2D eigenvalue weighted by Gasteiger charge is 2.28. The van der Waals surface area contributed by atoms with Crippen molar-refractivity contribution < 1.29 is 4.74 Å². The van der Waals surface area contributed by atoms with E-state index in [2.05, 4.69) is 27.5 Å². The van der Waals surface area contributed by atoms with E-state index >= 15 is 0 Å². The zero-order valence-corrected chi connectivity index (χ0v) is 18.1. The van der Waals surface area contributed by atoms with Crippen LogP contribution in [0.5, 0.6) is 5.75 Å². The second-order valence-corrected chi connectivity index (χ2v) is 8.38. The molecule has 1 aromatic carbocycles. The predicted octanol–water partition coefficient (Wildman–Crippen LogP) is 5.41. The van der Waals surface area contributed by atoms with Gasteiger partial charge in [0.25, 0.3) is 0 Å². The molecule has 1 fully saturated rings. The minimum atomic E-state index is 0.639. The maximum atomic E-state index is 6.15. The van der Waals surface area contributed by atoms with Gasteiger partial charge < -0.3 is 9.64 Å². The van der Waals surface area contributed by atoms with E-state index in [4.69, 9.17) is 21.3 Å². The van der Waals surface area contributed by atoms with Gasteiger partial charge in [-0.25, -0.2) is 4.98 Å². The molecule has 0 spiro atoms. The van der Waals surface area contributed by atoms with E-state index in [-0.39, 0.29) is 0 Å². The molecule has 0 radical (unpaired) electrons. The Hall–Kier alpha value is -1.92. The number of rotatable bonds is 8. The van der Waals surface area contributed by atoms with Crippen molar-refractivity contribution in [3.8, 4) is 17.0 Å². The quantitative estimate of drug-likeness (QED) is 0.459. The Morgan fingerprint density at radius 1 is 1.36 bits per heavy atom. The van der Waals surface area contributed by atoms with E-state index in [1.165, 1.54) is 18.7 Å². The van der Waals surface area contributed by atoms with Crippen LogP contribution in [0.25, 0.3) is 16.9 Å². The SMILES string of the molecule is CCCN(CC1CC1)c1c(SC)nc2c(-c3ccc(Cl)cc3OC)nccn12. The predicted molar refractivity (Wildman–Crippen MR) is 117 cm³/mol. The Labute approximate surface area is 175 Å². The number of imidazole rings is 1. The second kappa shape index (κ2) is 8.21. The van der Waals surface area contributed by atoms with Crippen LogP contribution in [0, 0.1) is 5.92 Å². The van der Waals surface area contributed by atoms with Gasteiger partial charge in [-0.1, -0.05) is 18.5 Å². The third-order valence-electron chi connectivity index (χ3n) is 5.07. The molecule has 4 rings (SSSR count). The molecule has 1 aliphatic rings. The summed E-state index contributed by atoms with van der Waals surface area (Å²) in [7, 11) is 1.65. The minimum absolute atomic E-state index is 0.639. The summed E-state index contributed by atoms with van der Waals surface area (Å²) in [5.74, 6) is 2.68. The second-order valence-electron chi connectivity index (χ2n) is 7.15. The molecule has 0 bridgehead atoms. The highest BCUT2D eigenvalue weighted by Crippen LogP contribution is 2.38. The molecule has 7 heteroatoms. The summed E-state index contributed by atoms with van der Waals surface area (Å²) < 4.78 is 7.74. The molecule has 148 valence electrons. The average Bonchev–Trinajstić information content (AvgIpc) is 3.44. The lowest BCUT2D eigenvalue weighted by Gasteiger charge is -2.24. The van der Waals surface area contributed by atoms with E-state index in [1.54, 1.807) is 18.9 Å². The molecule has 0 aliphatic heterocycles. The zero-order chi connectivity index (χ0) is 19.7. The van der Waals surface area contributed by atoms with Crippen molar-refractivity contribution in [2.45, 2.75) is 31.2 Å². The molecule has 2 heterocycles. The number of ether oxygens (including phenoxy) is 1.